The second kappa shape index (κ2) is 5.67. The largest absolute Gasteiger partial charge is 0.500 e. The van der Waals surface area contributed by atoms with E-state index < -0.39 is 8.80 Å². The number of hydrogen-bond donors (Lipinski definition) is 0. The van der Waals surface area contributed by atoms with E-state index in [4.69, 9.17) is 19.0 Å². The standard InChI is InChI=1S/C6H16NO3Si/c1-8-11(9-2,10-3)6-4-5-7/h7H,4-6H2,1-3H3. The van der Waals surface area contributed by atoms with Gasteiger partial charge in [-0.05, 0) is 6.42 Å². The molecule has 4 nitrogen and oxygen atoms in total. The van der Waals surface area contributed by atoms with Gasteiger partial charge in [-0.2, -0.15) is 0 Å². The Labute approximate surface area is 69.0 Å². The molecule has 0 rings (SSSR count). The highest BCUT2D eigenvalue weighted by Crippen LogP contribution is 2.13. The SMILES string of the molecule is CO[Si](CCC[NH])(OC)OC. The molecule has 0 saturated carbocycles. The van der Waals surface area contributed by atoms with Crippen molar-refractivity contribution in [3.05, 3.63) is 0 Å². The Bertz CT molecular complexity index is 89.6. The minimum atomic E-state index is -2.36. The molecule has 0 aromatic carbocycles. The highest BCUT2D eigenvalue weighted by atomic mass is 28.4. The molecule has 0 atom stereocenters. The lowest BCUT2D eigenvalue weighted by molar-refractivity contribution is 0.123. The van der Waals surface area contributed by atoms with Crippen LogP contribution in [0.2, 0.25) is 6.04 Å². The molecule has 1 N–H and O–H groups in total. The van der Waals surface area contributed by atoms with Gasteiger partial charge in [0.25, 0.3) is 0 Å². The topological polar surface area (TPSA) is 51.5 Å². The summed E-state index contributed by atoms with van der Waals surface area (Å²) in [5.41, 5.74) is 6.96. The molecule has 0 unspecified atom stereocenters. The average Bonchev–Trinajstić information content (AvgIpc) is 2.08. The zero-order valence-corrected chi connectivity index (χ0v) is 8.35. The Balaban J connectivity index is 3.84. The molecule has 0 aromatic heterocycles. The van der Waals surface area contributed by atoms with E-state index in [1.807, 2.05) is 0 Å². The molecular formula is C6H16NO3Si. The van der Waals surface area contributed by atoms with Crippen molar-refractivity contribution < 1.29 is 13.3 Å². The third kappa shape index (κ3) is 3.30. The molecule has 5 heteroatoms. The van der Waals surface area contributed by atoms with Gasteiger partial charge in [-0.15, -0.1) is 0 Å². The predicted molar refractivity (Wildman–Crippen MR) is 44.2 cm³/mol. The van der Waals surface area contributed by atoms with Gasteiger partial charge >= 0.3 is 8.80 Å². The second-order valence-corrected chi connectivity index (χ2v) is 5.24. The van der Waals surface area contributed by atoms with Crippen molar-refractivity contribution in [2.45, 2.75) is 12.5 Å². The van der Waals surface area contributed by atoms with Crippen LogP contribution in [0, 0.1) is 0 Å². The van der Waals surface area contributed by atoms with Crippen LogP contribution in [0.1, 0.15) is 6.42 Å². The predicted octanol–water partition coefficient (Wildman–Crippen LogP) is 0.537. The number of hydrogen-bond acceptors (Lipinski definition) is 3. The van der Waals surface area contributed by atoms with Crippen molar-refractivity contribution in [3.63, 3.8) is 0 Å². The minimum Gasteiger partial charge on any atom is -0.377 e. The van der Waals surface area contributed by atoms with Crippen LogP contribution in [0.3, 0.4) is 0 Å². The first-order valence-corrected chi connectivity index (χ1v) is 5.48. The molecule has 0 bridgehead atoms. The van der Waals surface area contributed by atoms with E-state index in [1.54, 1.807) is 21.3 Å². The molecule has 11 heavy (non-hydrogen) atoms. The van der Waals surface area contributed by atoms with E-state index in [1.165, 1.54) is 0 Å². The van der Waals surface area contributed by atoms with Crippen LogP contribution >= 0.6 is 0 Å². The number of rotatable bonds is 6. The summed E-state index contributed by atoms with van der Waals surface area (Å²) in [5.74, 6) is 0. The maximum absolute atomic E-state index is 6.96. The summed E-state index contributed by atoms with van der Waals surface area (Å²) in [4.78, 5) is 0. The zero-order valence-electron chi connectivity index (χ0n) is 7.35. The molecule has 0 heterocycles. The van der Waals surface area contributed by atoms with Crippen LogP contribution in [0.25, 0.3) is 0 Å². The van der Waals surface area contributed by atoms with E-state index in [-0.39, 0.29) is 0 Å². The van der Waals surface area contributed by atoms with Crippen LogP contribution in [-0.2, 0) is 13.3 Å². The van der Waals surface area contributed by atoms with Gasteiger partial charge in [-0.1, -0.05) is 0 Å². The van der Waals surface area contributed by atoms with Gasteiger partial charge in [-0.3, -0.25) is 5.73 Å². The van der Waals surface area contributed by atoms with Crippen molar-refractivity contribution in [1.29, 1.82) is 0 Å². The quantitative estimate of drug-likeness (QED) is 0.558. The van der Waals surface area contributed by atoms with Crippen molar-refractivity contribution in [2.75, 3.05) is 27.9 Å². The normalized spacial score (nSPS) is 12.0. The van der Waals surface area contributed by atoms with Gasteiger partial charge in [0.1, 0.15) is 0 Å². The first-order chi connectivity index (χ1) is 5.24. The first kappa shape index (κ1) is 11.1. The van der Waals surface area contributed by atoms with Crippen LogP contribution in [0.15, 0.2) is 0 Å². The summed E-state index contributed by atoms with van der Waals surface area (Å²) < 4.78 is 15.4. The molecule has 1 radical (unpaired) electrons. The van der Waals surface area contributed by atoms with Crippen molar-refractivity contribution in [1.82, 2.24) is 5.73 Å². The summed E-state index contributed by atoms with van der Waals surface area (Å²) in [5, 5.41) is 0. The number of nitrogens with one attached hydrogen (secondary N) is 1. The Morgan fingerprint density at radius 2 is 1.55 bits per heavy atom. The van der Waals surface area contributed by atoms with E-state index in [2.05, 4.69) is 0 Å². The molecule has 0 spiro atoms. The second-order valence-electron chi connectivity index (χ2n) is 2.15. The minimum absolute atomic E-state index is 0.394. The lowest BCUT2D eigenvalue weighted by atomic mass is 10.5. The maximum atomic E-state index is 6.96. The molecule has 0 aliphatic carbocycles. The van der Waals surface area contributed by atoms with Gasteiger partial charge in [0.15, 0.2) is 0 Å². The Morgan fingerprint density at radius 3 is 1.82 bits per heavy atom. The third-order valence-electron chi connectivity index (χ3n) is 1.59. The fraction of sp³-hybridized carbons (Fsp3) is 1.00. The molecule has 0 aliphatic rings. The zero-order chi connectivity index (χ0) is 8.74. The van der Waals surface area contributed by atoms with Gasteiger partial charge in [0.2, 0.25) is 0 Å². The first-order valence-electron chi connectivity index (χ1n) is 3.54. The summed E-state index contributed by atoms with van der Waals surface area (Å²) in [7, 11) is 2.40. The van der Waals surface area contributed by atoms with E-state index >= 15 is 0 Å². The van der Waals surface area contributed by atoms with E-state index in [9.17, 15) is 0 Å². The molecule has 0 aromatic rings. The van der Waals surface area contributed by atoms with Gasteiger partial charge < -0.3 is 13.3 Å². The Kier molecular flexibility index (Phi) is 5.70. The summed E-state index contributed by atoms with van der Waals surface area (Å²) in [6, 6.07) is 0.722. The molecular weight excluding hydrogens is 162 g/mol. The Morgan fingerprint density at radius 1 is 1.09 bits per heavy atom. The van der Waals surface area contributed by atoms with Crippen LogP contribution in [0.5, 0.6) is 0 Å². The van der Waals surface area contributed by atoms with E-state index in [0.717, 1.165) is 12.5 Å². The Hall–Kier alpha value is 0.0569. The average molecular weight is 178 g/mol. The van der Waals surface area contributed by atoms with Gasteiger partial charge in [-0.25, -0.2) is 0 Å². The monoisotopic (exact) mass is 178 g/mol. The van der Waals surface area contributed by atoms with Crippen molar-refractivity contribution in [2.24, 2.45) is 0 Å². The lowest BCUT2D eigenvalue weighted by Gasteiger charge is -2.23. The summed E-state index contributed by atoms with van der Waals surface area (Å²) >= 11 is 0. The molecule has 0 amide bonds. The third-order valence-corrected chi connectivity index (χ3v) is 4.42. The lowest BCUT2D eigenvalue weighted by Crippen LogP contribution is -2.42. The summed E-state index contributed by atoms with van der Waals surface area (Å²) in [6.45, 7) is 0.394. The molecule has 67 valence electrons. The fourth-order valence-corrected chi connectivity index (χ4v) is 2.58. The smallest absolute Gasteiger partial charge is 0.377 e. The van der Waals surface area contributed by atoms with Crippen LogP contribution in [-0.4, -0.2) is 36.7 Å². The van der Waals surface area contributed by atoms with Crippen molar-refractivity contribution >= 4 is 8.80 Å². The molecule has 0 fully saturated rings. The summed E-state index contributed by atoms with van der Waals surface area (Å²) in [6.07, 6.45) is 0.766. The highest BCUT2D eigenvalue weighted by Gasteiger charge is 2.36. The molecule has 0 aliphatic heterocycles. The maximum Gasteiger partial charge on any atom is 0.500 e. The fourth-order valence-electron chi connectivity index (χ4n) is 0.861. The van der Waals surface area contributed by atoms with Crippen LogP contribution in [0.4, 0.5) is 0 Å². The van der Waals surface area contributed by atoms with Gasteiger partial charge in [0.05, 0.1) is 0 Å². The highest BCUT2D eigenvalue weighted by molar-refractivity contribution is 6.60. The van der Waals surface area contributed by atoms with E-state index in [0.29, 0.717) is 6.54 Å². The molecule has 0 saturated heterocycles. The van der Waals surface area contributed by atoms with Gasteiger partial charge in [0, 0.05) is 33.9 Å². The van der Waals surface area contributed by atoms with Crippen molar-refractivity contribution in [3.8, 4) is 0 Å². The van der Waals surface area contributed by atoms with Crippen LogP contribution < -0.4 is 5.73 Å².